The van der Waals surface area contributed by atoms with E-state index in [4.69, 9.17) is 19.9 Å². The van der Waals surface area contributed by atoms with Gasteiger partial charge in [0, 0.05) is 20.3 Å². The van der Waals surface area contributed by atoms with Crippen LogP contribution in [0.5, 0.6) is 0 Å². The minimum Gasteiger partial charge on any atom is -0.382 e. The lowest BCUT2D eigenvalue weighted by atomic mass is 10.1. The van der Waals surface area contributed by atoms with E-state index in [0.29, 0.717) is 33.0 Å². The van der Waals surface area contributed by atoms with Crippen LogP contribution in [0, 0.1) is 6.92 Å². The second-order valence-electron chi connectivity index (χ2n) is 4.55. The number of hydrogen-bond acceptors (Lipinski definition) is 4. The summed E-state index contributed by atoms with van der Waals surface area (Å²) >= 11 is 0. The summed E-state index contributed by atoms with van der Waals surface area (Å²) < 4.78 is 15.8. The van der Waals surface area contributed by atoms with Crippen LogP contribution >= 0.6 is 0 Å². The Balaban J connectivity index is 2.06. The molecule has 0 aliphatic heterocycles. The van der Waals surface area contributed by atoms with Crippen molar-refractivity contribution in [3.63, 3.8) is 0 Å². The number of ether oxygens (including phenoxy) is 3. The molecule has 1 rings (SSSR count). The Labute approximate surface area is 115 Å². The van der Waals surface area contributed by atoms with E-state index >= 15 is 0 Å². The molecule has 4 nitrogen and oxygen atoms in total. The van der Waals surface area contributed by atoms with Gasteiger partial charge >= 0.3 is 0 Å². The van der Waals surface area contributed by atoms with Crippen LogP contribution in [0.3, 0.4) is 0 Å². The van der Waals surface area contributed by atoms with Gasteiger partial charge in [-0.3, -0.25) is 0 Å². The normalized spacial score (nSPS) is 12.6. The average molecular weight is 267 g/mol. The number of methoxy groups -OCH3 is 1. The Kier molecular flexibility index (Phi) is 8.41. The molecule has 1 unspecified atom stereocenters. The highest BCUT2D eigenvalue weighted by molar-refractivity contribution is 5.24. The molecule has 0 saturated carbocycles. The third kappa shape index (κ3) is 7.28. The zero-order valence-electron chi connectivity index (χ0n) is 11.9. The lowest BCUT2D eigenvalue weighted by molar-refractivity contribution is 0.0492. The second-order valence-corrected chi connectivity index (χ2v) is 4.55. The van der Waals surface area contributed by atoms with Crippen molar-refractivity contribution in [3.8, 4) is 0 Å². The first-order chi connectivity index (χ1) is 9.24. The molecule has 108 valence electrons. The third-order valence-corrected chi connectivity index (χ3v) is 2.78. The molecule has 1 aromatic carbocycles. The van der Waals surface area contributed by atoms with Crippen LogP contribution in [-0.4, -0.2) is 40.1 Å². The Bertz CT molecular complexity index is 344. The second kappa shape index (κ2) is 9.92. The van der Waals surface area contributed by atoms with Gasteiger partial charge in [-0.2, -0.15) is 0 Å². The standard InChI is InChI=1S/C15H25NO3/c1-13-5-3-6-14(11-13)15(16)12-19-8-4-7-18-10-9-17-2/h3,5-6,11,15H,4,7-10,12,16H2,1-2H3. The minimum atomic E-state index is -0.0608. The molecule has 1 atom stereocenters. The van der Waals surface area contributed by atoms with Crippen molar-refractivity contribution < 1.29 is 14.2 Å². The smallest absolute Gasteiger partial charge is 0.0700 e. The largest absolute Gasteiger partial charge is 0.382 e. The van der Waals surface area contributed by atoms with Crippen molar-refractivity contribution in [3.05, 3.63) is 35.4 Å². The maximum absolute atomic E-state index is 6.07. The zero-order valence-corrected chi connectivity index (χ0v) is 11.9. The summed E-state index contributed by atoms with van der Waals surface area (Å²) in [4.78, 5) is 0. The highest BCUT2D eigenvalue weighted by Gasteiger charge is 2.05. The molecule has 0 bridgehead atoms. The fourth-order valence-corrected chi connectivity index (χ4v) is 1.71. The molecular formula is C15H25NO3. The van der Waals surface area contributed by atoms with Crippen molar-refractivity contribution in [1.82, 2.24) is 0 Å². The van der Waals surface area contributed by atoms with E-state index in [1.807, 2.05) is 12.1 Å². The van der Waals surface area contributed by atoms with Gasteiger partial charge in [-0.1, -0.05) is 29.8 Å². The van der Waals surface area contributed by atoms with Gasteiger partial charge in [0.05, 0.1) is 25.9 Å². The molecule has 0 aliphatic rings. The molecule has 1 aromatic rings. The fourth-order valence-electron chi connectivity index (χ4n) is 1.71. The molecule has 19 heavy (non-hydrogen) atoms. The number of aryl methyl sites for hydroxylation is 1. The summed E-state index contributed by atoms with van der Waals surface area (Å²) in [6.45, 7) is 5.25. The lowest BCUT2D eigenvalue weighted by Crippen LogP contribution is -2.18. The van der Waals surface area contributed by atoms with Gasteiger partial charge in [-0.25, -0.2) is 0 Å². The van der Waals surface area contributed by atoms with Crippen LogP contribution in [0.15, 0.2) is 24.3 Å². The van der Waals surface area contributed by atoms with Crippen LogP contribution in [0.4, 0.5) is 0 Å². The Hall–Kier alpha value is -0.940. The monoisotopic (exact) mass is 267 g/mol. The molecular weight excluding hydrogens is 242 g/mol. The van der Waals surface area contributed by atoms with Crippen molar-refractivity contribution in [2.45, 2.75) is 19.4 Å². The van der Waals surface area contributed by atoms with Crippen molar-refractivity contribution in [2.75, 3.05) is 40.1 Å². The number of nitrogens with two attached hydrogens (primary N) is 1. The topological polar surface area (TPSA) is 53.7 Å². The molecule has 0 radical (unpaired) electrons. The minimum absolute atomic E-state index is 0.0608. The summed E-state index contributed by atoms with van der Waals surface area (Å²) in [7, 11) is 1.67. The number of benzene rings is 1. The Morgan fingerprint density at radius 3 is 2.63 bits per heavy atom. The molecule has 4 heteroatoms. The highest BCUT2D eigenvalue weighted by Crippen LogP contribution is 2.12. The maximum atomic E-state index is 6.07. The quantitative estimate of drug-likeness (QED) is 0.659. The Morgan fingerprint density at radius 1 is 1.11 bits per heavy atom. The van der Waals surface area contributed by atoms with Gasteiger partial charge in [0.1, 0.15) is 0 Å². The van der Waals surface area contributed by atoms with Gasteiger partial charge in [0.2, 0.25) is 0 Å². The fraction of sp³-hybridized carbons (Fsp3) is 0.600. The molecule has 2 N–H and O–H groups in total. The van der Waals surface area contributed by atoms with E-state index < -0.39 is 0 Å². The summed E-state index contributed by atoms with van der Waals surface area (Å²) in [6, 6.07) is 8.16. The number of hydrogen-bond donors (Lipinski definition) is 1. The van der Waals surface area contributed by atoms with Crippen molar-refractivity contribution >= 4 is 0 Å². The molecule has 0 saturated heterocycles. The first kappa shape index (κ1) is 16.1. The SMILES string of the molecule is COCCOCCCOCC(N)c1cccc(C)c1. The summed E-state index contributed by atoms with van der Waals surface area (Å²) in [5, 5.41) is 0. The summed E-state index contributed by atoms with van der Waals surface area (Å²) in [5.74, 6) is 0. The molecule has 0 fully saturated rings. The maximum Gasteiger partial charge on any atom is 0.0700 e. The van der Waals surface area contributed by atoms with Crippen LogP contribution in [-0.2, 0) is 14.2 Å². The zero-order chi connectivity index (χ0) is 13.9. The van der Waals surface area contributed by atoms with Gasteiger partial charge in [0.15, 0.2) is 0 Å². The first-order valence-electron chi connectivity index (χ1n) is 6.70. The predicted molar refractivity (Wildman–Crippen MR) is 76.2 cm³/mol. The van der Waals surface area contributed by atoms with E-state index in [1.165, 1.54) is 5.56 Å². The Morgan fingerprint density at radius 2 is 1.89 bits per heavy atom. The molecule has 0 aliphatic carbocycles. The van der Waals surface area contributed by atoms with Gasteiger partial charge in [0.25, 0.3) is 0 Å². The van der Waals surface area contributed by atoms with E-state index in [-0.39, 0.29) is 6.04 Å². The van der Waals surface area contributed by atoms with Gasteiger partial charge in [-0.05, 0) is 18.9 Å². The van der Waals surface area contributed by atoms with Crippen LogP contribution < -0.4 is 5.73 Å². The molecule has 0 spiro atoms. The third-order valence-electron chi connectivity index (χ3n) is 2.78. The van der Waals surface area contributed by atoms with Crippen LogP contribution in [0.2, 0.25) is 0 Å². The van der Waals surface area contributed by atoms with Gasteiger partial charge < -0.3 is 19.9 Å². The van der Waals surface area contributed by atoms with Gasteiger partial charge in [-0.15, -0.1) is 0 Å². The average Bonchev–Trinajstić information content (AvgIpc) is 2.41. The molecule has 0 heterocycles. The van der Waals surface area contributed by atoms with E-state index in [9.17, 15) is 0 Å². The predicted octanol–water partition coefficient (Wildman–Crippen LogP) is 2.06. The van der Waals surface area contributed by atoms with Crippen molar-refractivity contribution in [1.29, 1.82) is 0 Å². The van der Waals surface area contributed by atoms with E-state index in [2.05, 4.69) is 19.1 Å². The van der Waals surface area contributed by atoms with Crippen LogP contribution in [0.1, 0.15) is 23.6 Å². The van der Waals surface area contributed by atoms with E-state index in [1.54, 1.807) is 7.11 Å². The van der Waals surface area contributed by atoms with Crippen LogP contribution in [0.25, 0.3) is 0 Å². The molecule has 0 amide bonds. The lowest BCUT2D eigenvalue weighted by Gasteiger charge is -2.13. The molecule has 0 aromatic heterocycles. The summed E-state index contributed by atoms with van der Waals surface area (Å²) in [6.07, 6.45) is 0.879. The van der Waals surface area contributed by atoms with E-state index in [0.717, 1.165) is 12.0 Å². The number of rotatable bonds is 10. The highest BCUT2D eigenvalue weighted by atomic mass is 16.5. The van der Waals surface area contributed by atoms with Crippen molar-refractivity contribution in [2.24, 2.45) is 5.73 Å². The first-order valence-corrected chi connectivity index (χ1v) is 6.70. The summed E-state index contributed by atoms with van der Waals surface area (Å²) in [5.41, 5.74) is 8.41.